The number of benzene rings is 1. The van der Waals surface area contributed by atoms with E-state index in [0.29, 0.717) is 11.9 Å². The van der Waals surface area contributed by atoms with Crippen LogP contribution in [0.25, 0.3) is 10.9 Å². The smallest absolute Gasteiger partial charge is 0.240 e. The molecule has 2 fully saturated rings. The third-order valence-corrected chi connectivity index (χ3v) is 5.55. The summed E-state index contributed by atoms with van der Waals surface area (Å²) in [5, 5.41) is 1.23. The first-order chi connectivity index (χ1) is 11.8. The number of rotatable bonds is 5. The molecule has 1 aromatic carbocycles. The first-order valence-electron chi connectivity index (χ1n) is 9.37. The molecular formula is C20H27N3O. The van der Waals surface area contributed by atoms with Crippen molar-refractivity contribution in [3.05, 3.63) is 36.0 Å². The lowest BCUT2D eigenvalue weighted by Gasteiger charge is -2.37. The molecule has 0 bridgehead atoms. The number of fused-ring (bicyclic) bond motifs is 1. The average molecular weight is 325 g/mol. The monoisotopic (exact) mass is 325 g/mol. The van der Waals surface area contributed by atoms with Gasteiger partial charge in [0, 0.05) is 24.3 Å². The second-order valence-electron chi connectivity index (χ2n) is 7.24. The molecule has 1 aromatic heterocycles. The Kier molecular flexibility index (Phi) is 4.31. The summed E-state index contributed by atoms with van der Waals surface area (Å²) in [6.45, 7) is 4.97. The number of hydrogen-bond acceptors (Lipinski definition) is 2. The van der Waals surface area contributed by atoms with E-state index in [-0.39, 0.29) is 6.04 Å². The molecule has 128 valence electrons. The van der Waals surface area contributed by atoms with Crippen molar-refractivity contribution >= 4 is 16.8 Å². The largest absolute Gasteiger partial charge is 0.361 e. The minimum atomic E-state index is 0.0975. The first-order valence-corrected chi connectivity index (χ1v) is 9.37. The Bertz CT molecular complexity index is 718. The summed E-state index contributed by atoms with van der Waals surface area (Å²) >= 11 is 0. The van der Waals surface area contributed by atoms with Gasteiger partial charge in [-0.25, -0.2) is 0 Å². The topological polar surface area (TPSA) is 39.3 Å². The number of amides is 1. The van der Waals surface area contributed by atoms with Gasteiger partial charge in [0.25, 0.3) is 0 Å². The van der Waals surface area contributed by atoms with Crippen LogP contribution >= 0.6 is 0 Å². The molecule has 1 saturated heterocycles. The molecule has 4 heteroatoms. The Morgan fingerprint density at radius 1 is 1.25 bits per heavy atom. The number of likely N-dealkylation sites (tertiary alicyclic amines) is 1. The molecule has 1 N–H and O–H groups in total. The van der Waals surface area contributed by atoms with E-state index in [4.69, 9.17) is 0 Å². The predicted molar refractivity (Wildman–Crippen MR) is 96.8 cm³/mol. The molecule has 1 amide bonds. The average Bonchev–Trinajstić information content (AvgIpc) is 3.36. The second kappa shape index (κ2) is 6.60. The number of likely N-dealkylation sites (N-methyl/N-ethyl adjacent to an activating group) is 1. The highest BCUT2D eigenvalue weighted by Gasteiger charge is 2.38. The fourth-order valence-electron chi connectivity index (χ4n) is 4.01. The highest BCUT2D eigenvalue weighted by Crippen LogP contribution is 2.31. The number of nitrogens with one attached hydrogen (secondary N) is 1. The summed E-state index contributed by atoms with van der Waals surface area (Å²) in [7, 11) is 0. The van der Waals surface area contributed by atoms with E-state index in [9.17, 15) is 4.79 Å². The second-order valence-corrected chi connectivity index (χ2v) is 7.24. The number of aromatic amines is 1. The lowest BCUT2D eigenvalue weighted by atomic mass is 10.0. The summed E-state index contributed by atoms with van der Waals surface area (Å²) in [6, 6.07) is 9.15. The zero-order valence-electron chi connectivity index (χ0n) is 14.5. The van der Waals surface area contributed by atoms with Gasteiger partial charge in [0.1, 0.15) is 0 Å². The number of H-pyrrole nitrogens is 1. The number of hydrogen-bond donors (Lipinski definition) is 1. The maximum absolute atomic E-state index is 13.2. The van der Waals surface area contributed by atoms with Crippen LogP contribution in [-0.2, 0) is 11.3 Å². The van der Waals surface area contributed by atoms with E-state index in [1.165, 1.54) is 23.8 Å². The van der Waals surface area contributed by atoms with Gasteiger partial charge in [0.05, 0.1) is 6.04 Å². The first kappa shape index (κ1) is 15.7. The van der Waals surface area contributed by atoms with Crippen LogP contribution in [0.4, 0.5) is 0 Å². The highest BCUT2D eigenvalue weighted by molar-refractivity contribution is 5.83. The van der Waals surface area contributed by atoms with Crippen LogP contribution in [0.5, 0.6) is 0 Å². The fraction of sp³-hybridized carbons (Fsp3) is 0.550. The van der Waals surface area contributed by atoms with Crippen molar-refractivity contribution in [2.75, 3.05) is 13.1 Å². The maximum Gasteiger partial charge on any atom is 0.240 e. The number of nitrogens with zero attached hydrogens (tertiary/aromatic N) is 2. The van der Waals surface area contributed by atoms with Gasteiger partial charge in [0.2, 0.25) is 5.91 Å². The van der Waals surface area contributed by atoms with Crippen LogP contribution in [0, 0.1) is 0 Å². The summed E-state index contributed by atoms with van der Waals surface area (Å²) < 4.78 is 0. The van der Waals surface area contributed by atoms with Crippen molar-refractivity contribution < 1.29 is 4.79 Å². The highest BCUT2D eigenvalue weighted by atomic mass is 16.2. The van der Waals surface area contributed by atoms with Crippen molar-refractivity contribution in [2.24, 2.45) is 0 Å². The van der Waals surface area contributed by atoms with Gasteiger partial charge < -0.3 is 9.88 Å². The quantitative estimate of drug-likeness (QED) is 0.913. The molecule has 1 aliphatic heterocycles. The van der Waals surface area contributed by atoms with Crippen molar-refractivity contribution in [2.45, 2.75) is 57.7 Å². The summed E-state index contributed by atoms with van der Waals surface area (Å²) in [4.78, 5) is 21.0. The third-order valence-electron chi connectivity index (χ3n) is 5.55. The Hall–Kier alpha value is -1.81. The Morgan fingerprint density at radius 3 is 2.92 bits per heavy atom. The van der Waals surface area contributed by atoms with E-state index >= 15 is 0 Å². The molecule has 1 aliphatic carbocycles. The van der Waals surface area contributed by atoms with Crippen LogP contribution in [-0.4, -0.2) is 45.9 Å². The molecule has 0 spiro atoms. The molecule has 2 aliphatic rings. The predicted octanol–water partition coefficient (Wildman–Crippen LogP) is 3.53. The molecule has 1 saturated carbocycles. The lowest BCUT2D eigenvalue weighted by molar-refractivity contribution is -0.139. The van der Waals surface area contributed by atoms with Gasteiger partial charge in [-0.2, -0.15) is 0 Å². The van der Waals surface area contributed by atoms with Crippen LogP contribution in [0.1, 0.15) is 44.6 Å². The normalized spacial score (nSPS) is 22.0. The maximum atomic E-state index is 13.2. The van der Waals surface area contributed by atoms with Gasteiger partial charge in [-0.05, 0) is 67.9 Å². The molecule has 0 unspecified atom stereocenters. The van der Waals surface area contributed by atoms with Crippen LogP contribution in [0.2, 0.25) is 0 Å². The summed E-state index contributed by atoms with van der Waals surface area (Å²) in [5.41, 5.74) is 2.40. The molecule has 1 atom stereocenters. The third kappa shape index (κ3) is 3.07. The summed E-state index contributed by atoms with van der Waals surface area (Å²) in [6.07, 6.45) is 7.73. The minimum Gasteiger partial charge on any atom is -0.361 e. The van der Waals surface area contributed by atoms with Crippen LogP contribution in [0.15, 0.2) is 30.5 Å². The van der Waals surface area contributed by atoms with E-state index in [0.717, 1.165) is 44.4 Å². The SMILES string of the molecule is CCN1CCCC[C@H]1C(=O)N(Cc1ccc2[nH]ccc2c1)C1CC1. The van der Waals surface area contributed by atoms with Gasteiger partial charge in [-0.15, -0.1) is 0 Å². The minimum absolute atomic E-state index is 0.0975. The van der Waals surface area contributed by atoms with Crippen molar-refractivity contribution in [1.82, 2.24) is 14.8 Å². The number of aromatic nitrogens is 1. The Labute approximate surface area is 143 Å². The van der Waals surface area contributed by atoms with Crippen molar-refractivity contribution in [3.8, 4) is 0 Å². The van der Waals surface area contributed by atoms with Crippen molar-refractivity contribution in [3.63, 3.8) is 0 Å². The number of carbonyl (C=O) groups excluding carboxylic acids is 1. The van der Waals surface area contributed by atoms with E-state index in [1.807, 2.05) is 6.20 Å². The molecule has 2 heterocycles. The van der Waals surface area contributed by atoms with Gasteiger partial charge in [-0.1, -0.05) is 19.4 Å². The molecule has 0 radical (unpaired) electrons. The van der Waals surface area contributed by atoms with E-state index in [1.54, 1.807) is 0 Å². The molecule has 24 heavy (non-hydrogen) atoms. The van der Waals surface area contributed by atoms with Crippen molar-refractivity contribution in [1.29, 1.82) is 0 Å². The zero-order chi connectivity index (χ0) is 16.5. The Morgan fingerprint density at radius 2 is 2.12 bits per heavy atom. The number of carbonyl (C=O) groups is 1. The van der Waals surface area contributed by atoms with Crippen LogP contribution in [0.3, 0.4) is 0 Å². The van der Waals surface area contributed by atoms with E-state index < -0.39 is 0 Å². The number of piperidine rings is 1. The standard InChI is InChI=1S/C20H27N3O/c1-2-22-12-4-3-5-19(22)20(24)23(17-7-8-17)14-15-6-9-18-16(13-15)10-11-21-18/h6,9-11,13,17,19,21H,2-5,7-8,12,14H2,1H3/t19-/m0/s1. The van der Waals surface area contributed by atoms with Gasteiger partial charge in [-0.3, -0.25) is 9.69 Å². The lowest BCUT2D eigenvalue weighted by Crippen LogP contribution is -2.51. The van der Waals surface area contributed by atoms with Gasteiger partial charge in [0.15, 0.2) is 0 Å². The molecule has 2 aromatic rings. The molecule has 4 rings (SSSR count). The summed E-state index contributed by atoms with van der Waals surface area (Å²) in [5.74, 6) is 0.355. The Balaban J connectivity index is 1.54. The molecule has 4 nitrogen and oxygen atoms in total. The van der Waals surface area contributed by atoms with E-state index in [2.05, 4.69) is 46.0 Å². The van der Waals surface area contributed by atoms with Crippen LogP contribution < -0.4 is 0 Å². The fourth-order valence-corrected chi connectivity index (χ4v) is 4.01. The molecular weight excluding hydrogens is 298 g/mol. The zero-order valence-corrected chi connectivity index (χ0v) is 14.5. The van der Waals surface area contributed by atoms with Gasteiger partial charge >= 0.3 is 0 Å².